The zero-order valence-corrected chi connectivity index (χ0v) is 11.4. The van der Waals surface area contributed by atoms with Crippen LogP contribution in [0.2, 0.25) is 0 Å². The van der Waals surface area contributed by atoms with E-state index in [1.54, 1.807) is 7.11 Å². The first-order chi connectivity index (χ1) is 8.80. The number of methoxy groups -OCH3 is 1. The Bertz CT molecular complexity index is 362. The SMILES string of the molecule is CCn1cc(C(CN)N(CCOC)C2CC2)cn1. The molecule has 0 amide bonds. The summed E-state index contributed by atoms with van der Waals surface area (Å²) < 4.78 is 7.16. The lowest BCUT2D eigenvalue weighted by atomic mass is 10.1. The Kier molecular flexibility index (Phi) is 4.74. The van der Waals surface area contributed by atoms with Gasteiger partial charge in [0.15, 0.2) is 0 Å². The van der Waals surface area contributed by atoms with Gasteiger partial charge in [0.25, 0.3) is 0 Å². The molecule has 1 aromatic heterocycles. The van der Waals surface area contributed by atoms with E-state index in [9.17, 15) is 0 Å². The predicted molar refractivity (Wildman–Crippen MR) is 71.3 cm³/mol. The first-order valence-electron chi connectivity index (χ1n) is 6.77. The van der Waals surface area contributed by atoms with Crippen molar-refractivity contribution >= 4 is 0 Å². The zero-order chi connectivity index (χ0) is 13.0. The molecule has 0 aliphatic heterocycles. The predicted octanol–water partition coefficient (Wildman–Crippen LogP) is 1.01. The minimum atomic E-state index is 0.271. The molecule has 2 rings (SSSR count). The number of hydrogen-bond donors (Lipinski definition) is 1. The molecule has 1 aliphatic carbocycles. The lowest BCUT2D eigenvalue weighted by molar-refractivity contribution is 0.115. The minimum absolute atomic E-state index is 0.271. The Morgan fingerprint density at radius 1 is 1.61 bits per heavy atom. The van der Waals surface area contributed by atoms with Crippen LogP contribution in [0, 0.1) is 0 Å². The fourth-order valence-electron chi connectivity index (χ4n) is 2.38. The molecule has 5 heteroatoms. The molecule has 2 N–H and O–H groups in total. The Balaban J connectivity index is 2.08. The van der Waals surface area contributed by atoms with E-state index in [4.69, 9.17) is 10.5 Å². The number of nitrogens with zero attached hydrogens (tertiary/aromatic N) is 3. The number of aromatic nitrogens is 2. The van der Waals surface area contributed by atoms with Gasteiger partial charge < -0.3 is 10.5 Å². The van der Waals surface area contributed by atoms with E-state index in [-0.39, 0.29) is 6.04 Å². The lowest BCUT2D eigenvalue weighted by Crippen LogP contribution is -2.37. The maximum absolute atomic E-state index is 5.97. The second-order valence-corrected chi connectivity index (χ2v) is 4.84. The topological polar surface area (TPSA) is 56.3 Å². The van der Waals surface area contributed by atoms with Crippen LogP contribution in [0.5, 0.6) is 0 Å². The molecule has 0 saturated heterocycles. The number of ether oxygens (including phenoxy) is 1. The summed E-state index contributed by atoms with van der Waals surface area (Å²) in [5, 5.41) is 4.35. The molecule has 0 aromatic carbocycles. The summed E-state index contributed by atoms with van der Waals surface area (Å²) >= 11 is 0. The highest BCUT2D eigenvalue weighted by molar-refractivity contribution is 5.13. The molecule has 1 atom stereocenters. The molecule has 1 fully saturated rings. The van der Waals surface area contributed by atoms with Crippen molar-refractivity contribution in [3.63, 3.8) is 0 Å². The van der Waals surface area contributed by atoms with Crippen molar-refractivity contribution in [1.82, 2.24) is 14.7 Å². The van der Waals surface area contributed by atoms with Crippen LogP contribution in [0.25, 0.3) is 0 Å². The minimum Gasteiger partial charge on any atom is -0.383 e. The summed E-state index contributed by atoms with van der Waals surface area (Å²) in [7, 11) is 1.75. The van der Waals surface area contributed by atoms with Gasteiger partial charge in [-0.3, -0.25) is 9.58 Å². The first-order valence-corrected chi connectivity index (χ1v) is 6.77. The van der Waals surface area contributed by atoms with Gasteiger partial charge in [0.1, 0.15) is 0 Å². The standard InChI is InChI=1S/C13H24N4O/c1-3-16-10-11(9-15-16)13(8-14)17(6-7-18-2)12-4-5-12/h9-10,12-13H,3-8,14H2,1-2H3. The molecule has 1 unspecified atom stereocenters. The molecule has 1 aromatic rings. The maximum Gasteiger partial charge on any atom is 0.0590 e. The normalized spacial score (nSPS) is 17.3. The second-order valence-electron chi connectivity index (χ2n) is 4.84. The van der Waals surface area contributed by atoms with Crippen molar-refractivity contribution in [2.75, 3.05) is 26.8 Å². The number of rotatable bonds is 8. The zero-order valence-electron chi connectivity index (χ0n) is 11.4. The Labute approximate surface area is 109 Å². The number of hydrogen-bond acceptors (Lipinski definition) is 4. The summed E-state index contributed by atoms with van der Waals surface area (Å²) in [5.41, 5.74) is 7.20. The molecule has 102 valence electrons. The van der Waals surface area contributed by atoms with E-state index < -0.39 is 0 Å². The van der Waals surface area contributed by atoms with Gasteiger partial charge in [-0.25, -0.2) is 0 Å². The van der Waals surface area contributed by atoms with Gasteiger partial charge >= 0.3 is 0 Å². The van der Waals surface area contributed by atoms with Gasteiger partial charge in [-0.05, 0) is 19.8 Å². The molecule has 1 aliphatic rings. The molecule has 1 saturated carbocycles. The van der Waals surface area contributed by atoms with E-state index in [0.717, 1.165) is 19.7 Å². The van der Waals surface area contributed by atoms with Crippen molar-refractivity contribution in [2.45, 2.75) is 38.4 Å². The van der Waals surface area contributed by atoms with Crippen LogP contribution < -0.4 is 5.73 Å². The Hall–Kier alpha value is -0.910. The second kappa shape index (κ2) is 6.31. The fourth-order valence-corrected chi connectivity index (χ4v) is 2.38. The van der Waals surface area contributed by atoms with Crippen LogP contribution in [0.15, 0.2) is 12.4 Å². The van der Waals surface area contributed by atoms with Gasteiger partial charge in [0.05, 0.1) is 18.8 Å². The average Bonchev–Trinajstić information content (AvgIpc) is 3.12. The highest BCUT2D eigenvalue weighted by Crippen LogP contribution is 2.33. The Morgan fingerprint density at radius 3 is 2.89 bits per heavy atom. The third-order valence-electron chi connectivity index (χ3n) is 3.56. The van der Waals surface area contributed by atoms with Crippen molar-refractivity contribution in [3.05, 3.63) is 18.0 Å². The highest BCUT2D eigenvalue weighted by Gasteiger charge is 2.34. The summed E-state index contributed by atoms with van der Waals surface area (Å²) in [4.78, 5) is 2.47. The van der Waals surface area contributed by atoms with Crippen LogP contribution in [-0.2, 0) is 11.3 Å². The summed E-state index contributed by atoms with van der Waals surface area (Å²) in [6.45, 7) is 5.33. The van der Waals surface area contributed by atoms with E-state index in [1.165, 1.54) is 18.4 Å². The summed E-state index contributed by atoms with van der Waals surface area (Å²) in [6.07, 6.45) is 6.62. The van der Waals surface area contributed by atoms with Crippen LogP contribution in [0.3, 0.4) is 0 Å². The first kappa shape index (κ1) is 13.5. The van der Waals surface area contributed by atoms with E-state index in [1.807, 2.05) is 10.9 Å². The molecular formula is C13H24N4O. The lowest BCUT2D eigenvalue weighted by Gasteiger charge is -2.30. The third-order valence-corrected chi connectivity index (χ3v) is 3.56. The average molecular weight is 252 g/mol. The van der Waals surface area contributed by atoms with Crippen LogP contribution >= 0.6 is 0 Å². The Morgan fingerprint density at radius 2 is 2.39 bits per heavy atom. The van der Waals surface area contributed by atoms with Crippen LogP contribution in [-0.4, -0.2) is 47.5 Å². The smallest absolute Gasteiger partial charge is 0.0590 e. The molecule has 0 bridgehead atoms. The van der Waals surface area contributed by atoms with Crippen molar-refractivity contribution < 1.29 is 4.74 Å². The summed E-state index contributed by atoms with van der Waals surface area (Å²) in [5.74, 6) is 0. The van der Waals surface area contributed by atoms with Gasteiger partial charge in [0, 0.05) is 44.5 Å². The third kappa shape index (κ3) is 3.10. The molecular weight excluding hydrogens is 228 g/mol. The quantitative estimate of drug-likeness (QED) is 0.750. The van der Waals surface area contributed by atoms with Gasteiger partial charge in [0.2, 0.25) is 0 Å². The number of nitrogens with two attached hydrogens (primary N) is 1. The van der Waals surface area contributed by atoms with Gasteiger partial charge in [-0.1, -0.05) is 0 Å². The van der Waals surface area contributed by atoms with Crippen molar-refractivity contribution in [3.8, 4) is 0 Å². The molecule has 0 spiro atoms. The van der Waals surface area contributed by atoms with Gasteiger partial charge in [-0.15, -0.1) is 0 Å². The molecule has 18 heavy (non-hydrogen) atoms. The maximum atomic E-state index is 5.97. The number of aryl methyl sites for hydroxylation is 1. The van der Waals surface area contributed by atoms with Crippen molar-refractivity contribution in [1.29, 1.82) is 0 Å². The summed E-state index contributed by atoms with van der Waals surface area (Å²) in [6, 6.07) is 0.951. The highest BCUT2D eigenvalue weighted by atomic mass is 16.5. The molecule has 5 nitrogen and oxygen atoms in total. The van der Waals surface area contributed by atoms with E-state index in [2.05, 4.69) is 23.1 Å². The van der Waals surface area contributed by atoms with Gasteiger partial charge in [-0.2, -0.15) is 5.10 Å². The van der Waals surface area contributed by atoms with Crippen molar-refractivity contribution in [2.24, 2.45) is 5.73 Å². The molecule has 0 radical (unpaired) electrons. The largest absolute Gasteiger partial charge is 0.383 e. The molecule has 1 heterocycles. The monoisotopic (exact) mass is 252 g/mol. The fraction of sp³-hybridized carbons (Fsp3) is 0.769. The van der Waals surface area contributed by atoms with Crippen LogP contribution in [0.4, 0.5) is 0 Å². The van der Waals surface area contributed by atoms with E-state index in [0.29, 0.717) is 12.6 Å². The van der Waals surface area contributed by atoms with Crippen LogP contribution in [0.1, 0.15) is 31.4 Å². The van der Waals surface area contributed by atoms with E-state index >= 15 is 0 Å².